The lowest BCUT2D eigenvalue weighted by Crippen LogP contribution is -2.33. The van der Waals surface area contributed by atoms with E-state index in [0.717, 1.165) is 22.4 Å². The molecule has 2 N–H and O–H groups in total. The molecular weight excluding hydrogens is 350 g/mol. The lowest BCUT2D eigenvalue weighted by molar-refractivity contribution is -0.123. The van der Waals surface area contributed by atoms with Crippen LogP contribution in [0.2, 0.25) is 0 Å². The van der Waals surface area contributed by atoms with Crippen molar-refractivity contribution in [2.75, 3.05) is 6.54 Å². The fraction of sp³-hybridized carbons (Fsp3) is 0.353. The molecule has 2 aromatic heterocycles. The van der Waals surface area contributed by atoms with Crippen LogP contribution in [-0.4, -0.2) is 49.4 Å². The van der Waals surface area contributed by atoms with Crippen molar-refractivity contribution in [1.82, 2.24) is 30.1 Å². The molecule has 0 radical (unpaired) electrons. The Morgan fingerprint density at radius 1 is 1.41 bits per heavy atom. The van der Waals surface area contributed by atoms with Gasteiger partial charge in [-0.1, -0.05) is 5.16 Å². The molecule has 1 aliphatic rings. The molecule has 10 nitrogen and oxygen atoms in total. The van der Waals surface area contributed by atoms with Gasteiger partial charge in [0.25, 0.3) is 5.91 Å². The van der Waals surface area contributed by atoms with Crippen LogP contribution in [0.1, 0.15) is 22.7 Å². The van der Waals surface area contributed by atoms with Crippen molar-refractivity contribution in [3.05, 3.63) is 46.9 Å². The normalized spacial score (nSPS) is 15.0. The van der Waals surface area contributed by atoms with Gasteiger partial charge < -0.3 is 20.1 Å². The van der Waals surface area contributed by atoms with E-state index in [9.17, 15) is 9.59 Å². The second-order valence-electron chi connectivity index (χ2n) is 6.25. The number of rotatable bonds is 7. The molecule has 2 aromatic rings. The molecule has 1 aliphatic heterocycles. The van der Waals surface area contributed by atoms with Crippen LogP contribution >= 0.6 is 0 Å². The Morgan fingerprint density at radius 3 is 2.78 bits per heavy atom. The molecule has 1 saturated heterocycles. The molecule has 0 spiro atoms. The fourth-order valence-corrected chi connectivity index (χ4v) is 2.85. The van der Waals surface area contributed by atoms with Crippen LogP contribution in [0.3, 0.4) is 0 Å². The first-order valence-corrected chi connectivity index (χ1v) is 8.37. The maximum Gasteiger partial charge on any atom is 0.332 e. The van der Waals surface area contributed by atoms with Crippen molar-refractivity contribution in [3.8, 4) is 0 Å². The molecule has 0 atom stereocenters. The van der Waals surface area contributed by atoms with Gasteiger partial charge in [0.2, 0.25) is 0 Å². The molecule has 0 bridgehead atoms. The number of urea groups is 1. The van der Waals surface area contributed by atoms with Gasteiger partial charge in [-0.05, 0) is 19.9 Å². The standard InChI is InChI=1S/C17H21N7O3/c1-11-15(12(2)27-21-11)8-19-7-14(6-18)24-16(25)10-23(17(24)26)9-13-4-5-22(3)20-13/h4-7,18-19H,8-10H2,1-3H3/b14-7+,18-6?. The Bertz CT molecular complexity index is 892. The van der Waals surface area contributed by atoms with Crippen LogP contribution in [0, 0.1) is 19.3 Å². The number of aromatic nitrogens is 3. The lowest BCUT2D eigenvalue weighted by atomic mass is 10.2. The minimum Gasteiger partial charge on any atom is -0.385 e. The van der Waals surface area contributed by atoms with Gasteiger partial charge in [0.15, 0.2) is 0 Å². The number of amides is 3. The zero-order chi connectivity index (χ0) is 19.6. The Morgan fingerprint density at radius 2 is 2.19 bits per heavy atom. The molecule has 142 valence electrons. The second-order valence-corrected chi connectivity index (χ2v) is 6.25. The highest BCUT2D eigenvalue weighted by atomic mass is 16.5. The van der Waals surface area contributed by atoms with Crippen molar-refractivity contribution >= 4 is 18.2 Å². The van der Waals surface area contributed by atoms with Crippen LogP contribution in [0.4, 0.5) is 4.79 Å². The molecule has 0 unspecified atom stereocenters. The van der Waals surface area contributed by atoms with Crippen LogP contribution in [0.5, 0.6) is 0 Å². The van der Waals surface area contributed by atoms with E-state index in [4.69, 9.17) is 9.93 Å². The van der Waals surface area contributed by atoms with Crippen LogP contribution in [0.25, 0.3) is 0 Å². The Labute approximate surface area is 155 Å². The highest BCUT2D eigenvalue weighted by Crippen LogP contribution is 2.18. The third-order valence-electron chi connectivity index (χ3n) is 4.28. The summed E-state index contributed by atoms with van der Waals surface area (Å²) in [5.41, 5.74) is 2.52. The Balaban J connectivity index is 1.69. The molecule has 1 fully saturated rings. The number of carbonyl (C=O) groups is 2. The fourth-order valence-electron chi connectivity index (χ4n) is 2.85. The van der Waals surface area contributed by atoms with E-state index in [1.54, 1.807) is 30.9 Å². The van der Waals surface area contributed by atoms with Gasteiger partial charge in [0.05, 0.1) is 23.6 Å². The van der Waals surface area contributed by atoms with Gasteiger partial charge in [-0.2, -0.15) is 5.10 Å². The Hall–Kier alpha value is -3.43. The number of aryl methyl sites for hydroxylation is 3. The third-order valence-corrected chi connectivity index (χ3v) is 4.28. The lowest BCUT2D eigenvalue weighted by Gasteiger charge is -2.16. The van der Waals surface area contributed by atoms with E-state index in [2.05, 4.69) is 15.6 Å². The average molecular weight is 371 g/mol. The summed E-state index contributed by atoms with van der Waals surface area (Å²) in [5, 5.41) is 18.7. The van der Waals surface area contributed by atoms with Gasteiger partial charge in [-0.15, -0.1) is 0 Å². The number of nitrogens with one attached hydrogen (secondary N) is 2. The minimum atomic E-state index is -0.473. The molecule has 3 amide bonds. The number of allylic oxidation sites excluding steroid dienone is 1. The van der Waals surface area contributed by atoms with Gasteiger partial charge in [0, 0.05) is 37.8 Å². The Kier molecular flexibility index (Phi) is 5.06. The van der Waals surface area contributed by atoms with E-state index < -0.39 is 6.03 Å². The number of imide groups is 1. The predicted molar refractivity (Wildman–Crippen MR) is 95.5 cm³/mol. The summed E-state index contributed by atoms with van der Waals surface area (Å²) < 4.78 is 6.73. The first-order valence-electron chi connectivity index (χ1n) is 8.37. The number of carbonyl (C=O) groups excluding carboxylic acids is 2. The summed E-state index contributed by atoms with van der Waals surface area (Å²) in [5.74, 6) is 0.310. The number of hydrogen-bond acceptors (Lipinski definition) is 7. The zero-order valence-electron chi connectivity index (χ0n) is 15.4. The molecule has 3 heterocycles. The van der Waals surface area contributed by atoms with Gasteiger partial charge in [-0.25, -0.2) is 9.69 Å². The maximum absolute atomic E-state index is 12.6. The highest BCUT2D eigenvalue weighted by Gasteiger charge is 2.38. The minimum absolute atomic E-state index is 0.0511. The summed E-state index contributed by atoms with van der Waals surface area (Å²) in [7, 11) is 1.79. The summed E-state index contributed by atoms with van der Waals surface area (Å²) in [6.07, 6.45) is 4.22. The van der Waals surface area contributed by atoms with E-state index in [1.165, 1.54) is 11.1 Å². The van der Waals surface area contributed by atoms with Crippen molar-refractivity contribution < 1.29 is 14.1 Å². The molecule has 0 aromatic carbocycles. The van der Waals surface area contributed by atoms with Crippen molar-refractivity contribution in [2.24, 2.45) is 7.05 Å². The van der Waals surface area contributed by atoms with Crippen LogP contribution in [-0.2, 0) is 24.9 Å². The maximum atomic E-state index is 12.6. The first-order chi connectivity index (χ1) is 12.9. The molecular formula is C17H21N7O3. The van der Waals surface area contributed by atoms with Gasteiger partial charge in [0.1, 0.15) is 12.3 Å². The second kappa shape index (κ2) is 7.44. The predicted octanol–water partition coefficient (Wildman–Crippen LogP) is 1.07. The summed E-state index contributed by atoms with van der Waals surface area (Å²) in [6, 6.07) is 1.32. The molecule has 0 saturated carbocycles. The molecule has 3 rings (SSSR count). The summed E-state index contributed by atoms with van der Waals surface area (Å²) >= 11 is 0. The van der Waals surface area contributed by atoms with Crippen molar-refractivity contribution in [2.45, 2.75) is 26.9 Å². The van der Waals surface area contributed by atoms with Gasteiger partial charge in [-0.3, -0.25) is 9.48 Å². The van der Waals surface area contributed by atoms with E-state index in [-0.39, 0.29) is 24.7 Å². The van der Waals surface area contributed by atoms with E-state index in [1.807, 2.05) is 6.92 Å². The highest BCUT2D eigenvalue weighted by molar-refractivity contribution is 6.07. The quantitative estimate of drug-likeness (QED) is 0.555. The van der Waals surface area contributed by atoms with Crippen LogP contribution in [0.15, 0.2) is 28.7 Å². The van der Waals surface area contributed by atoms with Gasteiger partial charge >= 0.3 is 6.03 Å². The first kappa shape index (κ1) is 18.4. The third kappa shape index (κ3) is 3.73. The number of nitrogens with zero attached hydrogens (tertiary/aromatic N) is 5. The topological polar surface area (TPSA) is 120 Å². The summed E-state index contributed by atoms with van der Waals surface area (Å²) in [6.45, 7) is 4.23. The SMILES string of the molecule is Cc1noc(C)c1CN/C=C(\C=N)N1C(=O)CN(Cc2ccn(C)n2)C1=O. The summed E-state index contributed by atoms with van der Waals surface area (Å²) in [4.78, 5) is 27.4. The van der Waals surface area contributed by atoms with E-state index >= 15 is 0 Å². The molecule has 27 heavy (non-hydrogen) atoms. The number of hydrogen-bond donors (Lipinski definition) is 2. The molecule has 0 aliphatic carbocycles. The molecule has 10 heteroatoms. The monoisotopic (exact) mass is 371 g/mol. The van der Waals surface area contributed by atoms with E-state index in [0.29, 0.717) is 18.0 Å². The van der Waals surface area contributed by atoms with Crippen molar-refractivity contribution in [3.63, 3.8) is 0 Å². The zero-order valence-corrected chi connectivity index (χ0v) is 15.4. The average Bonchev–Trinajstić information content (AvgIpc) is 3.26. The largest absolute Gasteiger partial charge is 0.385 e. The van der Waals surface area contributed by atoms with Crippen molar-refractivity contribution in [1.29, 1.82) is 5.41 Å². The van der Waals surface area contributed by atoms with Crippen LogP contribution < -0.4 is 5.32 Å². The smallest absolute Gasteiger partial charge is 0.332 e.